The normalized spacial score (nSPS) is 12.4. The molecule has 2 rings (SSSR count). The van der Waals surface area contributed by atoms with Crippen LogP contribution in [0, 0.1) is 0 Å². The van der Waals surface area contributed by atoms with E-state index in [0.29, 0.717) is 0 Å². The van der Waals surface area contributed by atoms with Crippen molar-refractivity contribution >= 4 is 0 Å². The minimum atomic E-state index is -0.121. The molecular weight excluding hydrogens is 228 g/mol. The van der Waals surface area contributed by atoms with Gasteiger partial charge < -0.3 is 13.9 Å². The van der Waals surface area contributed by atoms with E-state index in [1.54, 1.807) is 7.11 Å². The van der Waals surface area contributed by atoms with Crippen LogP contribution in [0.4, 0.5) is 0 Å². The summed E-state index contributed by atoms with van der Waals surface area (Å²) in [4.78, 5) is 0. The molecule has 3 heteroatoms. The first kappa shape index (κ1) is 12.7. The fourth-order valence-electron chi connectivity index (χ4n) is 1.70. The molecule has 0 N–H and O–H groups in total. The van der Waals surface area contributed by atoms with Crippen LogP contribution in [0.3, 0.4) is 0 Å². The topological polar surface area (TPSA) is 31.6 Å². The van der Waals surface area contributed by atoms with E-state index in [9.17, 15) is 0 Å². The lowest BCUT2D eigenvalue weighted by Gasteiger charge is -2.09. The van der Waals surface area contributed by atoms with Gasteiger partial charge in [-0.05, 0) is 19.1 Å². The van der Waals surface area contributed by atoms with Crippen LogP contribution in [-0.2, 0) is 11.2 Å². The number of furan rings is 1. The highest BCUT2D eigenvalue weighted by Gasteiger charge is 2.18. The van der Waals surface area contributed by atoms with E-state index in [2.05, 4.69) is 0 Å². The largest absolute Gasteiger partial charge is 0.459 e. The Morgan fingerprint density at radius 1 is 1.22 bits per heavy atom. The van der Waals surface area contributed by atoms with Crippen molar-refractivity contribution in [3.63, 3.8) is 0 Å². The Kier molecular flexibility index (Phi) is 4.05. The van der Waals surface area contributed by atoms with E-state index in [4.69, 9.17) is 13.9 Å². The molecule has 3 nitrogen and oxygen atoms in total. The zero-order chi connectivity index (χ0) is 13.0. The average molecular weight is 246 g/mol. The van der Waals surface area contributed by atoms with Crippen LogP contribution in [-0.4, -0.2) is 7.11 Å². The summed E-state index contributed by atoms with van der Waals surface area (Å²) >= 11 is 0. The van der Waals surface area contributed by atoms with Gasteiger partial charge in [-0.2, -0.15) is 0 Å². The highest BCUT2D eigenvalue weighted by Crippen LogP contribution is 2.34. The van der Waals surface area contributed by atoms with Gasteiger partial charge in [0.2, 0.25) is 0 Å². The minimum Gasteiger partial charge on any atom is -0.459 e. The number of hydrogen-bond donors (Lipinski definition) is 0. The van der Waals surface area contributed by atoms with Crippen molar-refractivity contribution in [2.75, 3.05) is 7.11 Å². The lowest BCUT2D eigenvalue weighted by molar-refractivity contribution is 0.0958. The monoisotopic (exact) mass is 246 g/mol. The lowest BCUT2D eigenvalue weighted by Crippen LogP contribution is -1.96. The second-order valence-corrected chi connectivity index (χ2v) is 4.09. The molecule has 2 aromatic rings. The van der Waals surface area contributed by atoms with Crippen molar-refractivity contribution in [3.8, 4) is 11.5 Å². The predicted octanol–water partition coefficient (Wildman–Crippen LogP) is 4.34. The van der Waals surface area contributed by atoms with Crippen LogP contribution in [0.15, 0.2) is 40.8 Å². The number of aryl methyl sites for hydroxylation is 1. The minimum absolute atomic E-state index is 0.121. The standard InChI is InChI=1S/C15H18O3/c1-4-12-10-14(15(18-12)11(2)16-3)17-13-8-6-5-7-9-13/h5-11H,4H2,1-3H3. The number of rotatable bonds is 5. The van der Waals surface area contributed by atoms with Gasteiger partial charge in [0, 0.05) is 19.6 Å². The third-order valence-corrected chi connectivity index (χ3v) is 2.82. The summed E-state index contributed by atoms with van der Waals surface area (Å²) in [7, 11) is 1.66. The first-order valence-corrected chi connectivity index (χ1v) is 6.13. The number of benzene rings is 1. The van der Waals surface area contributed by atoms with Crippen LogP contribution in [0.5, 0.6) is 11.5 Å². The summed E-state index contributed by atoms with van der Waals surface area (Å²) in [5.41, 5.74) is 0. The van der Waals surface area contributed by atoms with Gasteiger partial charge in [-0.15, -0.1) is 0 Å². The first-order chi connectivity index (χ1) is 8.74. The third-order valence-electron chi connectivity index (χ3n) is 2.82. The van der Waals surface area contributed by atoms with E-state index in [0.717, 1.165) is 29.4 Å². The molecule has 0 amide bonds. The maximum absolute atomic E-state index is 5.84. The molecule has 18 heavy (non-hydrogen) atoms. The number of methoxy groups -OCH3 is 1. The molecule has 1 unspecified atom stereocenters. The fourth-order valence-corrected chi connectivity index (χ4v) is 1.70. The van der Waals surface area contributed by atoms with Crippen molar-refractivity contribution in [1.29, 1.82) is 0 Å². The molecule has 1 aromatic carbocycles. The number of ether oxygens (including phenoxy) is 2. The summed E-state index contributed by atoms with van der Waals surface area (Å²) < 4.78 is 16.9. The first-order valence-electron chi connectivity index (χ1n) is 6.13. The average Bonchev–Trinajstić information content (AvgIpc) is 2.82. The molecule has 0 spiro atoms. The molecule has 0 bridgehead atoms. The molecule has 0 aliphatic carbocycles. The highest BCUT2D eigenvalue weighted by atomic mass is 16.5. The Morgan fingerprint density at radius 3 is 2.56 bits per heavy atom. The molecule has 1 atom stereocenters. The van der Waals surface area contributed by atoms with Crippen molar-refractivity contribution in [2.24, 2.45) is 0 Å². The summed E-state index contributed by atoms with van der Waals surface area (Å²) in [5.74, 6) is 3.16. The van der Waals surface area contributed by atoms with Gasteiger partial charge in [0.15, 0.2) is 11.5 Å². The van der Waals surface area contributed by atoms with Crippen molar-refractivity contribution in [1.82, 2.24) is 0 Å². The Labute approximate surface area is 107 Å². The fraction of sp³-hybridized carbons (Fsp3) is 0.333. The molecule has 0 saturated carbocycles. The Balaban J connectivity index is 2.28. The van der Waals surface area contributed by atoms with Crippen molar-refractivity contribution in [3.05, 3.63) is 47.9 Å². The summed E-state index contributed by atoms with van der Waals surface area (Å²) in [6.07, 6.45) is 0.714. The van der Waals surface area contributed by atoms with Crippen molar-refractivity contribution in [2.45, 2.75) is 26.4 Å². The van der Waals surface area contributed by atoms with Gasteiger partial charge in [-0.25, -0.2) is 0 Å². The number of hydrogen-bond acceptors (Lipinski definition) is 3. The second-order valence-electron chi connectivity index (χ2n) is 4.09. The van der Waals surface area contributed by atoms with E-state index in [1.807, 2.05) is 50.2 Å². The maximum Gasteiger partial charge on any atom is 0.175 e. The van der Waals surface area contributed by atoms with E-state index < -0.39 is 0 Å². The molecule has 96 valence electrons. The lowest BCUT2D eigenvalue weighted by atomic mass is 10.2. The second kappa shape index (κ2) is 5.74. The summed E-state index contributed by atoms with van der Waals surface area (Å²) in [5, 5.41) is 0. The van der Waals surface area contributed by atoms with Gasteiger partial charge in [-0.1, -0.05) is 25.1 Å². The summed E-state index contributed by atoms with van der Waals surface area (Å²) in [6.45, 7) is 3.99. The van der Waals surface area contributed by atoms with Gasteiger partial charge in [0.1, 0.15) is 17.6 Å². The van der Waals surface area contributed by atoms with Crippen molar-refractivity contribution < 1.29 is 13.9 Å². The summed E-state index contributed by atoms with van der Waals surface area (Å²) in [6, 6.07) is 11.6. The van der Waals surface area contributed by atoms with Crippen LogP contribution in [0.2, 0.25) is 0 Å². The molecule has 0 radical (unpaired) electrons. The highest BCUT2D eigenvalue weighted by molar-refractivity contribution is 5.35. The Hall–Kier alpha value is -1.74. The molecule has 0 aliphatic rings. The zero-order valence-corrected chi connectivity index (χ0v) is 11.0. The van der Waals surface area contributed by atoms with Gasteiger partial charge >= 0.3 is 0 Å². The third kappa shape index (κ3) is 2.74. The van der Waals surface area contributed by atoms with E-state index in [-0.39, 0.29) is 6.10 Å². The molecule has 0 aliphatic heterocycles. The predicted molar refractivity (Wildman–Crippen MR) is 70.0 cm³/mol. The van der Waals surface area contributed by atoms with Gasteiger partial charge in [0.05, 0.1) is 0 Å². The SMILES string of the molecule is CCc1cc(Oc2ccccc2)c(C(C)OC)o1. The van der Waals surface area contributed by atoms with Crippen LogP contribution in [0.1, 0.15) is 31.5 Å². The van der Waals surface area contributed by atoms with E-state index >= 15 is 0 Å². The van der Waals surface area contributed by atoms with Crippen LogP contribution in [0.25, 0.3) is 0 Å². The molecule has 0 fully saturated rings. The van der Waals surface area contributed by atoms with Gasteiger partial charge in [0.25, 0.3) is 0 Å². The van der Waals surface area contributed by atoms with Crippen LogP contribution < -0.4 is 4.74 Å². The smallest absolute Gasteiger partial charge is 0.175 e. The molecular formula is C15H18O3. The maximum atomic E-state index is 5.84. The molecule has 1 aromatic heterocycles. The van der Waals surface area contributed by atoms with Gasteiger partial charge in [-0.3, -0.25) is 0 Å². The Morgan fingerprint density at radius 2 is 1.94 bits per heavy atom. The molecule has 1 heterocycles. The van der Waals surface area contributed by atoms with Crippen LogP contribution >= 0.6 is 0 Å². The Bertz CT molecular complexity index is 488. The molecule has 0 saturated heterocycles. The van der Waals surface area contributed by atoms with E-state index in [1.165, 1.54) is 0 Å². The zero-order valence-electron chi connectivity index (χ0n) is 11.0. The quantitative estimate of drug-likeness (QED) is 0.786. The number of para-hydroxylation sites is 1.